The van der Waals surface area contributed by atoms with Crippen LogP contribution < -0.4 is 10.5 Å². The number of nitrogens with zero attached hydrogens (tertiary/aromatic N) is 2. The monoisotopic (exact) mass is 286 g/mol. The Morgan fingerprint density at radius 2 is 2.10 bits per heavy atom. The molecule has 5 heteroatoms. The molecule has 1 aliphatic rings. The van der Waals surface area contributed by atoms with Crippen molar-refractivity contribution in [3.8, 4) is 16.7 Å². The Morgan fingerprint density at radius 3 is 2.75 bits per heavy atom. The van der Waals surface area contributed by atoms with Gasteiger partial charge in [0, 0.05) is 19.2 Å². The van der Waals surface area contributed by atoms with E-state index in [0.717, 1.165) is 30.8 Å². The number of rotatable bonds is 2. The molecular formula is C15H14N2O2S. The van der Waals surface area contributed by atoms with E-state index in [0.29, 0.717) is 11.4 Å². The van der Waals surface area contributed by atoms with Gasteiger partial charge in [-0.3, -0.25) is 0 Å². The Labute approximate surface area is 120 Å². The summed E-state index contributed by atoms with van der Waals surface area (Å²) >= 11 is 1.52. The van der Waals surface area contributed by atoms with E-state index in [2.05, 4.69) is 4.90 Å². The van der Waals surface area contributed by atoms with Crippen molar-refractivity contribution in [2.45, 2.75) is 19.3 Å². The maximum atomic E-state index is 12.0. The predicted molar refractivity (Wildman–Crippen MR) is 79.1 cm³/mol. The molecule has 2 aromatic rings. The SMILES string of the molecule is N#Cc1c(N2CCCCC2)cc(-c2cccs2)oc1=O. The van der Waals surface area contributed by atoms with Gasteiger partial charge in [-0.25, -0.2) is 4.79 Å². The van der Waals surface area contributed by atoms with Crippen molar-refractivity contribution >= 4 is 17.0 Å². The van der Waals surface area contributed by atoms with Crippen molar-refractivity contribution in [1.29, 1.82) is 5.26 Å². The van der Waals surface area contributed by atoms with Crippen LogP contribution in [-0.2, 0) is 0 Å². The van der Waals surface area contributed by atoms with E-state index in [1.807, 2.05) is 29.6 Å². The van der Waals surface area contributed by atoms with E-state index in [9.17, 15) is 10.1 Å². The van der Waals surface area contributed by atoms with E-state index in [1.165, 1.54) is 17.8 Å². The largest absolute Gasteiger partial charge is 0.421 e. The highest BCUT2D eigenvalue weighted by atomic mass is 32.1. The Bertz CT molecular complexity index is 692. The summed E-state index contributed by atoms with van der Waals surface area (Å²) < 4.78 is 5.28. The average Bonchev–Trinajstić information content (AvgIpc) is 3.01. The molecule has 1 aliphatic heterocycles. The van der Waals surface area contributed by atoms with Crippen LogP contribution in [0.3, 0.4) is 0 Å². The number of hydrogen-bond acceptors (Lipinski definition) is 5. The van der Waals surface area contributed by atoms with Crippen LogP contribution in [0.5, 0.6) is 0 Å². The minimum atomic E-state index is -0.543. The van der Waals surface area contributed by atoms with Gasteiger partial charge in [0.05, 0.1) is 10.6 Å². The second kappa shape index (κ2) is 5.51. The fourth-order valence-corrected chi connectivity index (χ4v) is 3.19. The molecule has 1 saturated heterocycles. The number of nitriles is 1. The molecule has 0 amide bonds. The molecular weight excluding hydrogens is 272 g/mol. The first-order valence-electron chi connectivity index (χ1n) is 6.66. The smallest absolute Gasteiger partial charge is 0.356 e. The van der Waals surface area contributed by atoms with Crippen LogP contribution >= 0.6 is 11.3 Å². The van der Waals surface area contributed by atoms with Crippen LogP contribution in [0.2, 0.25) is 0 Å². The highest BCUT2D eigenvalue weighted by molar-refractivity contribution is 7.13. The van der Waals surface area contributed by atoms with Gasteiger partial charge in [0.2, 0.25) is 0 Å². The van der Waals surface area contributed by atoms with Gasteiger partial charge >= 0.3 is 5.63 Å². The van der Waals surface area contributed by atoms with Crippen LogP contribution in [0.4, 0.5) is 5.69 Å². The van der Waals surface area contributed by atoms with Gasteiger partial charge in [-0.1, -0.05) is 6.07 Å². The molecule has 2 aromatic heterocycles. The predicted octanol–water partition coefficient (Wildman–Crippen LogP) is 3.23. The Kier molecular flexibility index (Phi) is 3.57. The maximum absolute atomic E-state index is 12.0. The second-order valence-corrected chi connectivity index (χ2v) is 5.74. The second-order valence-electron chi connectivity index (χ2n) is 4.80. The van der Waals surface area contributed by atoms with Gasteiger partial charge in [-0.15, -0.1) is 11.3 Å². The zero-order chi connectivity index (χ0) is 13.9. The fraction of sp³-hybridized carbons (Fsp3) is 0.333. The lowest BCUT2D eigenvalue weighted by atomic mass is 10.1. The molecule has 0 saturated carbocycles. The lowest BCUT2D eigenvalue weighted by molar-refractivity contribution is 0.520. The van der Waals surface area contributed by atoms with E-state index >= 15 is 0 Å². The first-order chi connectivity index (χ1) is 9.79. The van der Waals surface area contributed by atoms with Crippen LogP contribution in [0.25, 0.3) is 10.6 Å². The molecule has 4 nitrogen and oxygen atoms in total. The van der Waals surface area contributed by atoms with Gasteiger partial charge in [0.1, 0.15) is 6.07 Å². The molecule has 20 heavy (non-hydrogen) atoms. The van der Waals surface area contributed by atoms with E-state index in [1.54, 1.807) is 0 Å². The molecule has 0 spiro atoms. The summed E-state index contributed by atoms with van der Waals surface area (Å²) in [6.07, 6.45) is 3.40. The summed E-state index contributed by atoms with van der Waals surface area (Å²) in [5, 5.41) is 11.2. The molecule has 0 aliphatic carbocycles. The van der Waals surface area contributed by atoms with Crippen molar-refractivity contribution in [3.05, 3.63) is 39.6 Å². The topological polar surface area (TPSA) is 57.2 Å². The number of piperidine rings is 1. The third-order valence-electron chi connectivity index (χ3n) is 3.50. The van der Waals surface area contributed by atoms with E-state index < -0.39 is 5.63 Å². The average molecular weight is 286 g/mol. The van der Waals surface area contributed by atoms with Crippen LogP contribution in [0.1, 0.15) is 24.8 Å². The van der Waals surface area contributed by atoms with E-state index in [-0.39, 0.29) is 5.56 Å². The normalized spacial score (nSPS) is 15.1. The molecule has 0 radical (unpaired) electrons. The fourth-order valence-electron chi connectivity index (χ4n) is 2.51. The first-order valence-corrected chi connectivity index (χ1v) is 7.54. The minimum absolute atomic E-state index is 0.118. The molecule has 102 valence electrons. The molecule has 1 fully saturated rings. The summed E-state index contributed by atoms with van der Waals surface area (Å²) in [6.45, 7) is 1.78. The Hall–Kier alpha value is -2.06. The molecule has 0 bridgehead atoms. The standard InChI is InChI=1S/C15H14N2O2S/c16-10-11-12(17-6-2-1-3-7-17)9-13(19-15(11)18)14-5-4-8-20-14/h4-5,8-9H,1-3,6-7H2. The molecule has 3 rings (SSSR count). The summed E-state index contributed by atoms with van der Waals surface area (Å²) in [5.74, 6) is 0.546. The molecule has 0 aromatic carbocycles. The van der Waals surface area contributed by atoms with Crippen molar-refractivity contribution in [1.82, 2.24) is 0 Å². The van der Waals surface area contributed by atoms with Gasteiger partial charge in [0.15, 0.2) is 11.3 Å². The van der Waals surface area contributed by atoms with E-state index in [4.69, 9.17) is 4.42 Å². The Morgan fingerprint density at radius 1 is 1.30 bits per heavy atom. The summed E-state index contributed by atoms with van der Waals surface area (Å²) in [7, 11) is 0. The van der Waals surface area contributed by atoms with Crippen LogP contribution in [-0.4, -0.2) is 13.1 Å². The van der Waals surface area contributed by atoms with Gasteiger partial charge in [-0.2, -0.15) is 5.26 Å². The number of hydrogen-bond donors (Lipinski definition) is 0. The van der Waals surface area contributed by atoms with Gasteiger partial charge in [0.25, 0.3) is 0 Å². The Balaban J connectivity index is 2.11. The highest BCUT2D eigenvalue weighted by Crippen LogP contribution is 2.30. The van der Waals surface area contributed by atoms with Crippen molar-refractivity contribution in [3.63, 3.8) is 0 Å². The quantitative estimate of drug-likeness (QED) is 0.850. The summed E-state index contributed by atoms with van der Waals surface area (Å²) in [6, 6.07) is 7.65. The van der Waals surface area contributed by atoms with Crippen molar-refractivity contribution in [2.24, 2.45) is 0 Å². The molecule has 3 heterocycles. The third kappa shape index (κ3) is 2.35. The summed E-state index contributed by atoms with van der Waals surface area (Å²) in [4.78, 5) is 15.0. The zero-order valence-corrected chi connectivity index (χ0v) is 11.8. The maximum Gasteiger partial charge on any atom is 0.356 e. The minimum Gasteiger partial charge on any atom is -0.421 e. The first kappa shape index (κ1) is 12.9. The molecule has 0 N–H and O–H groups in total. The lowest BCUT2D eigenvalue weighted by Crippen LogP contribution is -2.31. The number of thiophene rings is 1. The third-order valence-corrected chi connectivity index (χ3v) is 4.39. The van der Waals surface area contributed by atoms with Crippen molar-refractivity contribution < 1.29 is 4.42 Å². The summed E-state index contributed by atoms with van der Waals surface area (Å²) in [5.41, 5.74) is 0.290. The molecule has 0 unspecified atom stereocenters. The van der Waals surface area contributed by atoms with Gasteiger partial charge < -0.3 is 9.32 Å². The molecule has 0 atom stereocenters. The van der Waals surface area contributed by atoms with Crippen LogP contribution in [0.15, 0.2) is 32.8 Å². The van der Waals surface area contributed by atoms with Crippen molar-refractivity contribution in [2.75, 3.05) is 18.0 Å². The zero-order valence-electron chi connectivity index (χ0n) is 11.0. The van der Waals surface area contributed by atoms with Gasteiger partial charge in [-0.05, 0) is 30.7 Å². The lowest BCUT2D eigenvalue weighted by Gasteiger charge is -2.29. The van der Waals surface area contributed by atoms with Crippen LogP contribution in [0, 0.1) is 11.3 Å². The number of anilines is 1. The highest BCUT2D eigenvalue weighted by Gasteiger charge is 2.20.